The SMILES string of the molecule is CC(C)(C)C1CN(CC(O)C(N)=O)C1. The maximum absolute atomic E-state index is 10.6. The minimum Gasteiger partial charge on any atom is -0.382 e. The predicted octanol–water partition coefficient (Wildman–Crippen LogP) is -0.189. The highest BCUT2D eigenvalue weighted by Gasteiger charge is 2.36. The van der Waals surface area contributed by atoms with E-state index in [1.165, 1.54) is 0 Å². The van der Waals surface area contributed by atoms with Gasteiger partial charge < -0.3 is 10.8 Å². The van der Waals surface area contributed by atoms with Gasteiger partial charge in [0.1, 0.15) is 6.10 Å². The molecule has 1 fully saturated rings. The van der Waals surface area contributed by atoms with E-state index in [1.54, 1.807) is 0 Å². The Morgan fingerprint density at radius 2 is 2.07 bits per heavy atom. The molecule has 1 rings (SSSR count). The van der Waals surface area contributed by atoms with Gasteiger partial charge in [0.05, 0.1) is 0 Å². The fourth-order valence-electron chi connectivity index (χ4n) is 1.60. The number of hydrogen-bond donors (Lipinski definition) is 2. The van der Waals surface area contributed by atoms with Crippen LogP contribution in [0.1, 0.15) is 20.8 Å². The van der Waals surface area contributed by atoms with E-state index >= 15 is 0 Å². The molecule has 0 bridgehead atoms. The molecule has 4 heteroatoms. The van der Waals surface area contributed by atoms with E-state index in [9.17, 15) is 9.90 Å². The van der Waals surface area contributed by atoms with Crippen LogP contribution in [-0.4, -0.2) is 41.7 Å². The van der Waals surface area contributed by atoms with Crippen LogP contribution in [0.4, 0.5) is 0 Å². The zero-order valence-electron chi connectivity index (χ0n) is 9.16. The molecule has 1 unspecified atom stereocenters. The summed E-state index contributed by atoms with van der Waals surface area (Å²) in [7, 11) is 0. The van der Waals surface area contributed by atoms with Crippen molar-refractivity contribution < 1.29 is 9.90 Å². The Kier molecular flexibility index (Phi) is 3.17. The van der Waals surface area contributed by atoms with E-state index in [-0.39, 0.29) is 0 Å². The fourth-order valence-corrected chi connectivity index (χ4v) is 1.60. The maximum Gasteiger partial charge on any atom is 0.247 e. The summed E-state index contributed by atoms with van der Waals surface area (Å²) in [5, 5.41) is 9.23. The number of likely N-dealkylation sites (tertiary alicyclic amines) is 1. The summed E-state index contributed by atoms with van der Waals surface area (Å²) < 4.78 is 0. The topological polar surface area (TPSA) is 66.6 Å². The van der Waals surface area contributed by atoms with Crippen LogP contribution in [0.3, 0.4) is 0 Å². The van der Waals surface area contributed by atoms with Gasteiger partial charge in [0.15, 0.2) is 0 Å². The van der Waals surface area contributed by atoms with E-state index in [4.69, 9.17) is 5.73 Å². The average Bonchev–Trinajstić information content (AvgIpc) is 1.92. The van der Waals surface area contributed by atoms with Gasteiger partial charge in [-0.3, -0.25) is 9.69 Å². The standard InChI is InChI=1S/C10H20N2O2/c1-10(2,3)7-4-12(5-7)6-8(13)9(11)14/h7-8,13H,4-6H2,1-3H3,(H2,11,14). The van der Waals surface area contributed by atoms with Gasteiger partial charge in [-0.05, 0) is 11.3 Å². The predicted molar refractivity (Wildman–Crippen MR) is 54.6 cm³/mol. The van der Waals surface area contributed by atoms with Gasteiger partial charge >= 0.3 is 0 Å². The van der Waals surface area contributed by atoms with Crippen LogP contribution in [0, 0.1) is 11.3 Å². The lowest BCUT2D eigenvalue weighted by atomic mass is 9.76. The molecule has 3 N–H and O–H groups in total. The van der Waals surface area contributed by atoms with Gasteiger partial charge in [-0.25, -0.2) is 0 Å². The third kappa shape index (κ3) is 2.69. The molecule has 4 nitrogen and oxygen atoms in total. The first-order valence-electron chi connectivity index (χ1n) is 5.00. The summed E-state index contributed by atoms with van der Waals surface area (Å²) in [5.41, 5.74) is 5.28. The molecule has 1 aliphatic rings. The van der Waals surface area contributed by atoms with Gasteiger partial charge in [0, 0.05) is 19.6 Å². The molecule has 1 amide bonds. The zero-order valence-corrected chi connectivity index (χ0v) is 9.16. The number of carbonyl (C=O) groups is 1. The molecule has 1 atom stereocenters. The number of rotatable bonds is 3. The van der Waals surface area contributed by atoms with Crippen molar-refractivity contribution in [3.63, 3.8) is 0 Å². The quantitative estimate of drug-likeness (QED) is 0.663. The maximum atomic E-state index is 10.6. The number of aliphatic hydroxyl groups is 1. The Labute approximate surface area is 85.1 Å². The molecule has 0 aromatic heterocycles. The first-order chi connectivity index (χ1) is 6.30. The Morgan fingerprint density at radius 3 is 2.43 bits per heavy atom. The molecule has 1 aliphatic heterocycles. The zero-order chi connectivity index (χ0) is 10.9. The minimum absolute atomic E-state index is 0.314. The number of aliphatic hydroxyl groups excluding tert-OH is 1. The number of nitrogens with two attached hydrogens (primary N) is 1. The van der Waals surface area contributed by atoms with Crippen molar-refractivity contribution in [2.24, 2.45) is 17.1 Å². The van der Waals surface area contributed by atoms with Crippen LogP contribution in [0.5, 0.6) is 0 Å². The minimum atomic E-state index is -1.02. The Hall–Kier alpha value is -0.610. The summed E-state index contributed by atoms with van der Waals surface area (Å²) in [5.74, 6) is 0.0202. The van der Waals surface area contributed by atoms with E-state index < -0.39 is 12.0 Å². The summed E-state index contributed by atoms with van der Waals surface area (Å²) in [6.45, 7) is 8.90. The molecule has 14 heavy (non-hydrogen) atoms. The van der Waals surface area contributed by atoms with Gasteiger partial charge in [-0.2, -0.15) is 0 Å². The molecule has 1 heterocycles. The van der Waals surface area contributed by atoms with E-state index in [0.29, 0.717) is 17.9 Å². The number of amides is 1. The van der Waals surface area contributed by atoms with Crippen molar-refractivity contribution in [3.05, 3.63) is 0 Å². The van der Waals surface area contributed by atoms with Gasteiger partial charge in [0.25, 0.3) is 0 Å². The molecule has 0 aromatic carbocycles. The van der Waals surface area contributed by atoms with Crippen molar-refractivity contribution >= 4 is 5.91 Å². The Morgan fingerprint density at radius 1 is 1.57 bits per heavy atom. The third-order valence-electron chi connectivity index (χ3n) is 2.94. The molecule has 0 radical (unpaired) electrons. The van der Waals surface area contributed by atoms with Crippen molar-refractivity contribution in [1.29, 1.82) is 0 Å². The largest absolute Gasteiger partial charge is 0.382 e. The highest BCUT2D eigenvalue weighted by Crippen LogP contribution is 2.33. The number of β-amino-alcohol motifs (C(OH)–C–C–N with tert-alkyl or cyclic N) is 1. The summed E-state index contributed by atoms with van der Waals surface area (Å²) in [6.07, 6.45) is -1.02. The van der Waals surface area contributed by atoms with Crippen molar-refractivity contribution in [1.82, 2.24) is 4.90 Å². The second-order valence-corrected chi connectivity index (χ2v) is 5.20. The molecule has 0 saturated carbocycles. The molecular weight excluding hydrogens is 180 g/mol. The van der Waals surface area contributed by atoms with Crippen LogP contribution >= 0.6 is 0 Å². The number of hydrogen-bond acceptors (Lipinski definition) is 3. The summed E-state index contributed by atoms with van der Waals surface area (Å²) in [6, 6.07) is 0. The summed E-state index contributed by atoms with van der Waals surface area (Å²) >= 11 is 0. The first-order valence-corrected chi connectivity index (χ1v) is 5.00. The normalized spacial score (nSPS) is 21.7. The van der Waals surface area contributed by atoms with Crippen LogP contribution in [0.2, 0.25) is 0 Å². The molecule has 0 aromatic rings. The fraction of sp³-hybridized carbons (Fsp3) is 0.900. The Balaban J connectivity index is 2.26. The first kappa shape index (κ1) is 11.5. The highest BCUT2D eigenvalue weighted by molar-refractivity contribution is 5.78. The molecular formula is C10H20N2O2. The molecule has 1 saturated heterocycles. The number of nitrogens with zero attached hydrogens (tertiary/aromatic N) is 1. The van der Waals surface area contributed by atoms with Crippen LogP contribution in [0.15, 0.2) is 0 Å². The molecule has 0 spiro atoms. The van der Waals surface area contributed by atoms with Crippen LogP contribution in [-0.2, 0) is 4.79 Å². The van der Waals surface area contributed by atoms with Gasteiger partial charge in [0.2, 0.25) is 5.91 Å². The summed E-state index contributed by atoms with van der Waals surface area (Å²) in [4.78, 5) is 12.7. The van der Waals surface area contributed by atoms with Crippen molar-refractivity contribution in [2.45, 2.75) is 26.9 Å². The lowest BCUT2D eigenvalue weighted by Gasteiger charge is -2.46. The van der Waals surface area contributed by atoms with Crippen molar-refractivity contribution in [3.8, 4) is 0 Å². The lowest BCUT2D eigenvalue weighted by molar-refractivity contribution is -0.128. The van der Waals surface area contributed by atoms with E-state index in [2.05, 4.69) is 25.7 Å². The van der Waals surface area contributed by atoms with Crippen LogP contribution < -0.4 is 5.73 Å². The van der Waals surface area contributed by atoms with Crippen molar-refractivity contribution in [2.75, 3.05) is 19.6 Å². The van der Waals surface area contributed by atoms with Gasteiger partial charge in [-0.1, -0.05) is 20.8 Å². The second kappa shape index (κ2) is 3.87. The lowest BCUT2D eigenvalue weighted by Crippen LogP contribution is -2.55. The molecule has 82 valence electrons. The van der Waals surface area contributed by atoms with E-state index in [1.807, 2.05) is 0 Å². The van der Waals surface area contributed by atoms with E-state index in [0.717, 1.165) is 13.1 Å². The smallest absolute Gasteiger partial charge is 0.247 e. The highest BCUT2D eigenvalue weighted by atomic mass is 16.3. The number of carbonyl (C=O) groups excluding carboxylic acids is 1. The Bertz CT molecular complexity index is 217. The average molecular weight is 200 g/mol. The number of primary amides is 1. The molecule has 0 aliphatic carbocycles. The monoisotopic (exact) mass is 200 g/mol. The van der Waals surface area contributed by atoms with Gasteiger partial charge in [-0.15, -0.1) is 0 Å². The third-order valence-corrected chi connectivity index (χ3v) is 2.94. The second-order valence-electron chi connectivity index (χ2n) is 5.20. The van der Waals surface area contributed by atoms with Crippen LogP contribution in [0.25, 0.3) is 0 Å².